The molecule has 4 nitrogen and oxygen atoms in total. The maximum atomic E-state index is 12.6. The van der Waals surface area contributed by atoms with E-state index in [9.17, 15) is 4.79 Å². The van der Waals surface area contributed by atoms with Gasteiger partial charge in [-0.1, -0.05) is 41.4 Å². The van der Waals surface area contributed by atoms with Gasteiger partial charge in [-0.25, -0.2) is 0 Å². The number of benzene rings is 2. The fourth-order valence-electron chi connectivity index (χ4n) is 3.30. The molecule has 0 spiro atoms. The van der Waals surface area contributed by atoms with Crippen LogP contribution in [0.4, 0.5) is 0 Å². The molecule has 1 aliphatic rings. The van der Waals surface area contributed by atoms with Crippen LogP contribution in [0.25, 0.3) is 0 Å². The molecule has 2 aromatic rings. The number of rotatable bonds is 6. The number of hydrogen-bond acceptors (Lipinski definition) is 3. The van der Waals surface area contributed by atoms with Crippen molar-refractivity contribution in [2.75, 3.05) is 26.7 Å². The van der Waals surface area contributed by atoms with Crippen molar-refractivity contribution in [3.8, 4) is 5.75 Å². The molecular formula is C20H22Cl2N2O2. The average Bonchev–Trinajstić information content (AvgIpc) is 3.19. The molecule has 1 unspecified atom stereocenters. The van der Waals surface area contributed by atoms with E-state index >= 15 is 0 Å². The number of hydrogen-bond donors (Lipinski definition) is 1. The predicted octanol–water partition coefficient (Wildman–Crippen LogP) is 4.57. The molecule has 3 rings (SSSR count). The molecule has 1 atom stereocenters. The number of halogens is 2. The lowest BCUT2D eigenvalue weighted by molar-refractivity contribution is 0.0938. The number of methoxy groups -OCH3 is 1. The molecule has 1 N–H and O–H groups in total. The minimum Gasteiger partial charge on any atom is -0.497 e. The van der Waals surface area contributed by atoms with Crippen LogP contribution in [0.15, 0.2) is 42.5 Å². The summed E-state index contributed by atoms with van der Waals surface area (Å²) in [5, 5.41) is 3.68. The van der Waals surface area contributed by atoms with E-state index in [2.05, 4.69) is 22.3 Å². The van der Waals surface area contributed by atoms with Gasteiger partial charge in [-0.15, -0.1) is 0 Å². The standard InChI is InChI=1S/C20H22Cl2N2O2/c1-26-15-9-7-14(8-10-15)18(24-11-2-3-12-24)13-23-20(25)16-5-4-6-17(21)19(16)22/h4-10,18H,2-3,11-13H2,1H3,(H,23,25). The van der Waals surface area contributed by atoms with Gasteiger partial charge in [0.05, 0.1) is 28.8 Å². The first-order chi connectivity index (χ1) is 12.6. The third-order valence-electron chi connectivity index (χ3n) is 4.73. The maximum absolute atomic E-state index is 12.6. The van der Waals surface area contributed by atoms with Crippen molar-refractivity contribution in [1.82, 2.24) is 10.2 Å². The number of amides is 1. The second-order valence-electron chi connectivity index (χ2n) is 6.34. The molecule has 6 heteroatoms. The summed E-state index contributed by atoms with van der Waals surface area (Å²) in [5.41, 5.74) is 1.55. The highest BCUT2D eigenvalue weighted by atomic mass is 35.5. The monoisotopic (exact) mass is 392 g/mol. The van der Waals surface area contributed by atoms with Gasteiger partial charge in [0.15, 0.2) is 0 Å². The van der Waals surface area contributed by atoms with Gasteiger partial charge in [-0.05, 0) is 55.8 Å². The van der Waals surface area contributed by atoms with Crippen LogP contribution in [0, 0.1) is 0 Å². The normalized spacial score (nSPS) is 15.7. The minimum absolute atomic E-state index is 0.116. The second-order valence-corrected chi connectivity index (χ2v) is 7.13. The summed E-state index contributed by atoms with van der Waals surface area (Å²) in [4.78, 5) is 15.0. The van der Waals surface area contributed by atoms with Gasteiger partial charge in [0.25, 0.3) is 5.91 Å². The van der Waals surface area contributed by atoms with Crippen molar-refractivity contribution < 1.29 is 9.53 Å². The lowest BCUT2D eigenvalue weighted by atomic mass is 10.0. The smallest absolute Gasteiger partial charge is 0.252 e. The first-order valence-corrected chi connectivity index (χ1v) is 9.46. The van der Waals surface area contributed by atoms with E-state index in [1.165, 1.54) is 12.8 Å². The highest BCUT2D eigenvalue weighted by molar-refractivity contribution is 6.43. The van der Waals surface area contributed by atoms with Gasteiger partial charge in [-0.2, -0.15) is 0 Å². The van der Waals surface area contributed by atoms with E-state index in [1.54, 1.807) is 25.3 Å². The summed E-state index contributed by atoms with van der Waals surface area (Å²) in [6.45, 7) is 2.57. The average molecular weight is 393 g/mol. The summed E-state index contributed by atoms with van der Waals surface area (Å²) in [6, 6.07) is 13.2. The van der Waals surface area contributed by atoms with Crippen molar-refractivity contribution in [2.45, 2.75) is 18.9 Å². The summed E-state index contributed by atoms with van der Waals surface area (Å²) in [5.74, 6) is 0.610. The van der Waals surface area contributed by atoms with Crippen LogP contribution in [-0.4, -0.2) is 37.6 Å². The van der Waals surface area contributed by atoms with Crippen molar-refractivity contribution in [2.24, 2.45) is 0 Å². The Morgan fingerprint density at radius 1 is 1.15 bits per heavy atom. The number of nitrogens with one attached hydrogen (secondary N) is 1. The molecule has 0 aromatic heterocycles. The van der Waals surface area contributed by atoms with E-state index in [0.717, 1.165) is 24.4 Å². The largest absolute Gasteiger partial charge is 0.497 e. The lowest BCUT2D eigenvalue weighted by Gasteiger charge is -2.28. The Balaban J connectivity index is 1.75. The first kappa shape index (κ1) is 19.0. The van der Waals surface area contributed by atoms with Crippen LogP contribution in [0.3, 0.4) is 0 Å². The van der Waals surface area contributed by atoms with Crippen molar-refractivity contribution >= 4 is 29.1 Å². The highest BCUT2D eigenvalue weighted by Crippen LogP contribution is 2.28. The second kappa shape index (κ2) is 8.76. The quantitative estimate of drug-likeness (QED) is 0.782. The van der Waals surface area contributed by atoms with Crippen LogP contribution < -0.4 is 10.1 Å². The Bertz CT molecular complexity index is 759. The molecule has 1 heterocycles. The van der Waals surface area contributed by atoms with Gasteiger partial charge in [0.1, 0.15) is 5.75 Å². The Kier molecular flexibility index (Phi) is 6.41. The predicted molar refractivity (Wildman–Crippen MR) is 105 cm³/mol. The number of carbonyl (C=O) groups is 1. The molecule has 0 saturated carbocycles. The minimum atomic E-state index is -0.213. The summed E-state index contributed by atoms with van der Waals surface area (Å²) in [7, 11) is 1.65. The van der Waals surface area contributed by atoms with Crippen molar-refractivity contribution in [1.29, 1.82) is 0 Å². The summed E-state index contributed by atoms with van der Waals surface area (Å²) < 4.78 is 5.24. The first-order valence-electron chi connectivity index (χ1n) is 8.70. The van der Waals surface area contributed by atoms with Crippen LogP contribution >= 0.6 is 23.2 Å². The third-order valence-corrected chi connectivity index (χ3v) is 5.55. The zero-order valence-corrected chi connectivity index (χ0v) is 16.2. The Morgan fingerprint density at radius 2 is 1.85 bits per heavy atom. The molecule has 1 aliphatic heterocycles. The Labute approximate surface area is 164 Å². The van der Waals surface area contributed by atoms with E-state index in [-0.39, 0.29) is 17.0 Å². The van der Waals surface area contributed by atoms with E-state index in [0.29, 0.717) is 17.1 Å². The molecule has 0 radical (unpaired) electrons. The lowest BCUT2D eigenvalue weighted by Crippen LogP contribution is -2.36. The molecule has 1 amide bonds. The van der Waals surface area contributed by atoms with Crippen molar-refractivity contribution in [3.05, 3.63) is 63.6 Å². The van der Waals surface area contributed by atoms with Gasteiger partial charge >= 0.3 is 0 Å². The maximum Gasteiger partial charge on any atom is 0.252 e. The highest BCUT2D eigenvalue weighted by Gasteiger charge is 2.24. The van der Waals surface area contributed by atoms with Gasteiger partial charge < -0.3 is 10.1 Å². The van der Waals surface area contributed by atoms with E-state index < -0.39 is 0 Å². The van der Waals surface area contributed by atoms with Crippen LogP contribution in [0.5, 0.6) is 5.75 Å². The zero-order chi connectivity index (χ0) is 18.5. The fraction of sp³-hybridized carbons (Fsp3) is 0.350. The molecule has 2 aromatic carbocycles. The molecule has 0 bridgehead atoms. The number of carbonyl (C=O) groups excluding carboxylic acids is 1. The zero-order valence-electron chi connectivity index (χ0n) is 14.7. The van der Waals surface area contributed by atoms with Crippen LogP contribution in [0.2, 0.25) is 10.0 Å². The van der Waals surface area contributed by atoms with Crippen molar-refractivity contribution in [3.63, 3.8) is 0 Å². The third kappa shape index (κ3) is 4.32. The molecule has 1 saturated heterocycles. The summed E-state index contributed by atoms with van der Waals surface area (Å²) >= 11 is 12.2. The molecule has 26 heavy (non-hydrogen) atoms. The molecule has 138 valence electrons. The van der Waals surface area contributed by atoms with Crippen LogP contribution in [0.1, 0.15) is 34.8 Å². The van der Waals surface area contributed by atoms with E-state index in [4.69, 9.17) is 27.9 Å². The number of ether oxygens (including phenoxy) is 1. The summed E-state index contributed by atoms with van der Waals surface area (Å²) in [6.07, 6.45) is 2.36. The molecule has 0 aliphatic carbocycles. The van der Waals surface area contributed by atoms with Gasteiger partial charge in [0.2, 0.25) is 0 Å². The Hall–Kier alpha value is -1.75. The SMILES string of the molecule is COc1ccc(C(CNC(=O)c2cccc(Cl)c2Cl)N2CCCC2)cc1. The fourth-order valence-corrected chi connectivity index (χ4v) is 3.69. The molecular weight excluding hydrogens is 371 g/mol. The van der Waals surface area contributed by atoms with Crippen LogP contribution in [-0.2, 0) is 0 Å². The van der Waals surface area contributed by atoms with Gasteiger partial charge in [0, 0.05) is 6.54 Å². The number of nitrogens with zero attached hydrogens (tertiary/aromatic N) is 1. The number of likely N-dealkylation sites (tertiary alicyclic amines) is 1. The molecule has 1 fully saturated rings. The Morgan fingerprint density at radius 3 is 2.50 bits per heavy atom. The van der Waals surface area contributed by atoms with E-state index in [1.807, 2.05) is 12.1 Å². The van der Waals surface area contributed by atoms with Gasteiger partial charge in [-0.3, -0.25) is 9.69 Å². The topological polar surface area (TPSA) is 41.6 Å².